The molecule has 2 aromatic rings. The van der Waals surface area contributed by atoms with E-state index in [1.165, 1.54) is 23.3 Å². The lowest BCUT2D eigenvalue weighted by Gasteiger charge is -2.03. The van der Waals surface area contributed by atoms with Crippen LogP contribution in [-0.2, 0) is 0 Å². The highest BCUT2D eigenvalue weighted by molar-refractivity contribution is 9.10. The van der Waals surface area contributed by atoms with Gasteiger partial charge in [-0.1, -0.05) is 67.9 Å². The Morgan fingerprint density at radius 1 is 0.700 bits per heavy atom. The molecule has 2 rings (SSSR count). The van der Waals surface area contributed by atoms with Crippen molar-refractivity contribution < 1.29 is 4.39 Å². The van der Waals surface area contributed by atoms with Crippen molar-refractivity contribution in [2.75, 3.05) is 0 Å². The SMILES string of the molecule is CC(C)c1ccc(Br)cc1.CC(C)c1ccc(F)cc1. The van der Waals surface area contributed by atoms with Gasteiger partial charge in [-0.25, -0.2) is 4.39 Å². The van der Waals surface area contributed by atoms with Gasteiger partial charge >= 0.3 is 0 Å². The molecule has 2 heteroatoms. The average molecular weight is 337 g/mol. The van der Waals surface area contributed by atoms with Gasteiger partial charge in [-0.05, 0) is 47.2 Å². The highest BCUT2D eigenvalue weighted by Gasteiger charge is 1.97. The number of hydrogen-bond acceptors (Lipinski definition) is 0. The topological polar surface area (TPSA) is 0 Å². The van der Waals surface area contributed by atoms with Crippen molar-refractivity contribution in [1.29, 1.82) is 0 Å². The summed E-state index contributed by atoms with van der Waals surface area (Å²) in [6.07, 6.45) is 0. The average Bonchev–Trinajstić information content (AvgIpc) is 2.40. The van der Waals surface area contributed by atoms with Gasteiger partial charge in [-0.2, -0.15) is 0 Å². The summed E-state index contributed by atoms with van der Waals surface area (Å²) in [5.41, 5.74) is 2.57. The van der Waals surface area contributed by atoms with Gasteiger partial charge in [0.05, 0.1) is 0 Å². The maximum absolute atomic E-state index is 12.4. The number of benzene rings is 2. The first-order valence-electron chi connectivity index (χ1n) is 6.91. The van der Waals surface area contributed by atoms with Crippen molar-refractivity contribution in [2.45, 2.75) is 39.5 Å². The van der Waals surface area contributed by atoms with Crippen LogP contribution in [0.4, 0.5) is 4.39 Å². The minimum absolute atomic E-state index is 0.163. The van der Waals surface area contributed by atoms with Gasteiger partial charge in [0.2, 0.25) is 0 Å². The van der Waals surface area contributed by atoms with E-state index in [1.807, 2.05) is 12.1 Å². The Labute approximate surface area is 130 Å². The Morgan fingerprint density at radius 2 is 1.05 bits per heavy atom. The fourth-order valence-corrected chi connectivity index (χ4v) is 1.96. The smallest absolute Gasteiger partial charge is 0.123 e. The quantitative estimate of drug-likeness (QED) is 0.585. The van der Waals surface area contributed by atoms with Crippen LogP contribution in [0.3, 0.4) is 0 Å². The Hall–Kier alpha value is -1.15. The molecule has 0 spiro atoms. The first-order chi connectivity index (χ1) is 9.40. The normalized spacial score (nSPS) is 10.4. The number of rotatable bonds is 2. The summed E-state index contributed by atoms with van der Waals surface area (Å²) in [6.45, 7) is 8.58. The van der Waals surface area contributed by atoms with E-state index in [-0.39, 0.29) is 5.82 Å². The molecular formula is C18H22BrF. The molecule has 0 aliphatic heterocycles. The molecule has 0 heterocycles. The molecule has 0 fully saturated rings. The van der Waals surface area contributed by atoms with E-state index >= 15 is 0 Å². The molecule has 0 aliphatic carbocycles. The molecule has 0 bridgehead atoms. The zero-order chi connectivity index (χ0) is 15.1. The fourth-order valence-electron chi connectivity index (χ4n) is 1.70. The molecule has 108 valence electrons. The zero-order valence-corrected chi connectivity index (χ0v) is 14.1. The monoisotopic (exact) mass is 336 g/mol. The van der Waals surface area contributed by atoms with Gasteiger partial charge in [-0.15, -0.1) is 0 Å². The summed E-state index contributed by atoms with van der Waals surface area (Å²) in [4.78, 5) is 0. The summed E-state index contributed by atoms with van der Waals surface area (Å²) < 4.78 is 13.5. The van der Waals surface area contributed by atoms with Crippen LogP contribution in [0.25, 0.3) is 0 Å². The van der Waals surface area contributed by atoms with E-state index in [4.69, 9.17) is 0 Å². The van der Waals surface area contributed by atoms with Gasteiger partial charge in [0.15, 0.2) is 0 Å². The maximum atomic E-state index is 12.4. The standard InChI is InChI=1S/C9H11Br.C9H11F/c2*1-7(2)8-3-5-9(10)6-4-8/h2*3-7H,1-2H3. The third-order valence-corrected chi connectivity index (χ3v) is 3.60. The molecular weight excluding hydrogens is 315 g/mol. The third kappa shape index (κ3) is 5.87. The summed E-state index contributed by atoms with van der Waals surface area (Å²) in [5, 5.41) is 0. The summed E-state index contributed by atoms with van der Waals surface area (Å²) in [5.74, 6) is 0.957. The van der Waals surface area contributed by atoms with Gasteiger partial charge in [0.1, 0.15) is 5.82 Å². The van der Waals surface area contributed by atoms with Crippen molar-refractivity contribution in [3.63, 3.8) is 0 Å². The van der Waals surface area contributed by atoms with Gasteiger partial charge in [0, 0.05) is 4.47 Å². The number of halogens is 2. The molecule has 0 radical (unpaired) electrons. The first kappa shape index (κ1) is 16.9. The Balaban J connectivity index is 0.000000200. The molecule has 0 aromatic heterocycles. The van der Waals surface area contributed by atoms with Crippen molar-refractivity contribution in [3.05, 3.63) is 69.9 Å². The van der Waals surface area contributed by atoms with Crippen LogP contribution in [0, 0.1) is 5.82 Å². The molecule has 2 aromatic carbocycles. The van der Waals surface area contributed by atoms with Crippen LogP contribution < -0.4 is 0 Å². The lowest BCUT2D eigenvalue weighted by atomic mass is 10.0. The molecule has 0 amide bonds. The Kier molecular flexibility index (Phi) is 6.94. The number of hydrogen-bond donors (Lipinski definition) is 0. The molecule has 0 saturated heterocycles. The van der Waals surface area contributed by atoms with Crippen LogP contribution in [0.5, 0.6) is 0 Å². The Bertz CT molecular complexity index is 448. The molecule has 0 saturated carbocycles. The third-order valence-electron chi connectivity index (χ3n) is 3.07. The van der Waals surface area contributed by atoms with E-state index in [9.17, 15) is 4.39 Å². The minimum atomic E-state index is -0.163. The lowest BCUT2D eigenvalue weighted by Crippen LogP contribution is -1.85. The van der Waals surface area contributed by atoms with Gasteiger partial charge in [-0.3, -0.25) is 0 Å². The van der Waals surface area contributed by atoms with Crippen LogP contribution in [-0.4, -0.2) is 0 Å². The van der Waals surface area contributed by atoms with E-state index in [0.29, 0.717) is 11.8 Å². The van der Waals surface area contributed by atoms with Crippen molar-refractivity contribution in [3.8, 4) is 0 Å². The predicted octanol–water partition coefficient (Wildman–Crippen LogP) is 6.52. The van der Waals surface area contributed by atoms with Crippen LogP contribution >= 0.6 is 15.9 Å². The highest BCUT2D eigenvalue weighted by Crippen LogP contribution is 2.17. The van der Waals surface area contributed by atoms with Crippen LogP contribution in [0.1, 0.15) is 50.7 Å². The van der Waals surface area contributed by atoms with E-state index < -0.39 is 0 Å². The van der Waals surface area contributed by atoms with E-state index in [0.717, 1.165) is 4.47 Å². The van der Waals surface area contributed by atoms with E-state index in [1.54, 1.807) is 0 Å². The van der Waals surface area contributed by atoms with Gasteiger partial charge in [0.25, 0.3) is 0 Å². The predicted molar refractivity (Wildman–Crippen MR) is 88.7 cm³/mol. The van der Waals surface area contributed by atoms with E-state index in [2.05, 4.69) is 67.9 Å². The summed E-state index contributed by atoms with van der Waals surface area (Å²) >= 11 is 3.39. The second-order valence-corrected chi connectivity index (χ2v) is 6.33. The second kappa shape index (κ2) is 8.21. The Morgan fingerprint density at radius 3 is 1.40 bits per heavy atom. The van der Waals surface area contributed by atoms with Gasteiger partial charge < -0.3 is 0 Å². The minimum Gasteiger partial charge on any atom is -0.207 e. The van der Waals surface area contributed by atoms with Crippen molar-refractivity contribution in [2.24, 2.45) is 0 Å². The second-order valence-electron chi connectivity index (χ2n) is 5.41. The molecule has 0 N–H and O–H groups in total. The zero-order valence-electron chi connectivity index (χ0n) is 12.5. The van der Waals surface area contributed by atoms with Crippen LogP contribution in [0.15, 0.2) is 53.0 Å². The summed E-state index contributed by atoms with van der Waals surface area (Å²) in [7, 11) is 0. The van der Waals surface area contributed by atoms with Crippen LogP contribution in [0.2, 0.25) is 0 Å². The largest absolute Gasteiger partial charge is 0.207 e. The first-order valence-corrected chi connectivity index (χ1v) is 7.70. The molecule has 0 aliphatic rings. The van der Waals surface area contributed by atoms with Crippen molar-refractivity contribution in [1.82, 2.24) is 0 Å². The maximum Gasteiger partial charge on any atom is 0.123 e. The molecule has 20 heavy (non-hydrogen) atoms. The molecule has 0 nitrogen and oxygen atoms in total. The van der Waals surface area contributed by atoms with Crippen molar-refractivity contribution >= 4 is 15.9 Å². The molecule has 0 unspecified atom stereocenters. The highest BCUT2D eigenvalue weighted by atomic mass is 79.9. The molecule has 0 atom stereocenters. The summed E-state index contributed by atoms with van der Waals surface area (Å²) in [6, 6.07) is 15.1. The fraction of sp³-hybridized carbons (Fsp3) is 0.333. The lowest BCUT2D eigenvalue weighted by molar-refractivity contribution is 0.626.